The molecule has 0 spiro atoms. The van der Waals surface area contributed by atoms with E-state index < -0.39 is 0 Å². The van der Waals surface area contributed by atoms with Crippen LogP contribution in [0.2, 0.25) is 0 Å². The Labute approximate surface area is 90.1 Å². The summed E-state index contributed by atoms with van der Waals surface area (Å²) in [6.07, 6.45) is 1.97. The van der Waals surface area contributed by atoms with E-state index in [2.05, 4.69) is 37.0 Å². The molecule has 1 heterocycles. The number of hydrogen-bond donors (Lipinski definition) is 1. The number of nitrogens with two attached hydrogens (primary N) is 1. The van der Waals surface area contributed by atoms with Crippen LogP contribution in [-0.4, -0.2) is 4.98 Å². The molecule has 0 unspecified atom stereocenters. The fourth-order valence-corrected chi connectivity index (χ4v) is 2.05. The van der Waals surface area contributed by atoms with Gasteiger partial charge in [-0.2, -0.15) is 0 Å². The number of nitrogen functional groups attached to an aromatic ring is 1. The fraction of sp³-hybridized carbons (Fsp3) is 0.308. The van der Waals surface area contributed by atoms with E-state index in [1.165, 1.54) is 16.3 Å². The topological polar surface area (TPSA) is 38.9 Å². The molecule has 0 aliphatic heterocycles. The standard InChI is InChI=1S/C13H16N2/c1-3-9-6-5-7-10-8-12(14)15-11(4-2)13(9)10/h5-8H,3-4H2,1-2H3,(H2,14,15). The first-order chi connectivity index (χ1) is 7.26. The maximum absolute atomic E-state index is 5.78. The predicted octanol–water partition coefficient (Wildman–Crippen LogP) is 2.94. The third kappa shape index (κ3) is 1.67. The number of pyridine rings is 1. The summed E-state index contributed by atoms with van der Waals surface area (Å²) in [5, 5.41) is 2.50. The minimum Gasteiger partial charge on any atom is -0.384 e. The Kier molecular flexibility index (Phi) is 2.58. The zero-order chi connectivity index (χ0) is 10.8. The van der Waals surface area contributed by atoms with E-state index in [1.54, 1.807) is 0 Å². The predicted molar refractivity (Wildman–Crippen MR) is 64.9 cm³/mol. The summed E-state index contributed by atoms with van der Waals surface area (Å²) in [7, 11) is 0. The molecule has 2 N–H and O–H groups in total. The van der Waals surface area contributed by atoms with Gasteiger partial charge < -0.3 is 5.73 Å². The van der Waals surface area contributed by atoms with Crippen LogP contribution in [0.25, 0.3) is 10.8 Å². The third-order valence-electron chi connectivity index (χ3n) is 2.75. The van der Waals surface area contributed by atoms with Crippen LogP contribution in [0.5, 0.6) is 0 Å². The molecule has 0 amide bonds. The van der Waals surface area contributed by atoms with Crippen molar-refractivity contribution >= 4 is 16.6 Å². The van der Waals surface area contributed by atoms with E-state index in [0.717, 1.165) is 18.5 Å². The molecule has 0 atom stereocenters. The van der Waals surface area contributed by atoms with Gasteiger partial charge >= 0.3 is 0 Å². The second kappa shape index (κ2) is 3.89. The smallest absolute Gasteiger partial charge is 0.124 e. The van der Waals surface area contributed by atoms with E-state index in [4.69, 9.17) is 5.73 Å². The molecule has 0 saturated carbocycles. The summed E-state index contributed by atoms with van der Waals surface area (Å²) in [6.45, 7) is 4.29. The Hall–Kier alpha value is -1.57. The molecule has 0 saturated heterocycles. The highest BCUT2D eigenvalue weighted by Gasteiger charge is 2.06. The molecule has 78 valence electrons. The lowest BCUT2D eigenvalue weighted by molar-refractivity contribution is 1.05. The number of aromatic nitrogens is 1. The Morgan fingerprint density at radius 3 is 2.67 bits per heavy atom. The van der Waals surface area contributed by atoms with Crippen molar-refractivity contribution in [2.75, 3.05) is 5.73 Å². The van der Waals surface area contributed by atoms with Gasteiger partial charge in [-0.15, -0.1) is 0 Å². The molecule has 2 nitrogen and oxygen atoms in total. The van der Waals surface area contributed by atoms with Crippen LogP contribution in [0.1, 0.15) is 25.1 Å². The van der Waals surface area contributed by atoms with E-state index in [0.29, 0.717) is 5.82 Å². The lowest BCUT2D eigenvalue weighted by Gasteiger charge is -2.09. The van der Waals surface area contributed by atoms with Gasteiger partial charge in [-0.05, 0) is 29.9 Å². The summed E-state index contributed by atoms with van der Waals surface area (Å²) >= 11 is 0. The average molecular weight is 200 g/mol. The van der Waals surface area contributed by atoms with Gasteiger partial charge in [0.15, 0.2) is 0 Å². The van der Waals surface area contributed by atoms with Crippen LogP contribution in [-0.2, 0) is 12.8 Å². The molecule has 1 aromatic heterocycles. The number of hydrogen-bond acceptors (Lipinski definition) is 2. The Morgan fingerprint density at radius 2 is 2.00 bits per heavy atom. The monoisotopic (exact) mass is 200 g/mol. The molecule has 0 fully saturated rings. The molecule has 0 bridgehead atoms. The van der Waals surface area contributed by atoms with E-state index in [9.17, 15) is 0 Å². The molecular formula is C13H16N2. The van der Waals surface area contributed by atoms with Crippen molar-refractivity contribution in [3.05, 3.63) is 35.5 Å². The maximum Gasteiger partial charge on any atom is 0.124 e. The summed E-state index contributed by atoms with van der Waals surface area (Å²) in [4.78, 5) is 4.41. The second-order valence-electron chi connectivity index (χ2n) is 3.72. The first-order valence-corrected chi connectivity index (χ1v) is 5.43. The Bertz CT molecular complexity index is 489. The summed E-state index contributed by atoms with van der Waals surface area (Å²) in [5.41, 5.74) is 8.25. The van der Waals surface area contributed by atoms with Gasteiger partial charge in [0, 0.05) is 5.39 Å². The number of fused-ring (bicyclic) bond motifs is 1. The Balaban J connectivity index is 2.84. The normalized spacial score (nSPS) is 10.8. The lowest BCUT2D eigenvalue weighted by atomic mass is 10.0. The highest BCUT2D eigenvalue weighted by Crippen LogP contribution is 2.24. The van der Waals surface area contributed by atoms with Crippen molar-refractivity contribution in [2.24, 2.45) is 0 Å². The zero-order valence-corrected chi connectivity index (χ0v) is 9.25. The van der Waals surface area contributed by atoms with Gasteiger partial charge in [0.2, 0.25) is 0 Å². The van der Waals surface area contributed by atoms with Crippen molar-refractivity contribution in [1.29, 1.82) is 0 Å². The van der Waals surface area contributed by atoms with Crippen molar-refractivity contribution in [3.63, 3.8) is 0 Å². The maximum atomic E-state index is 5.78. The lowest BCUT2D eigenvalue weighted by Crippen LogP contribution is -1.98. The molecule has 0 aliphatic carbocycles. The molecule has 0 radical (unpaired) electrons. The van der Waals surface area contributed by atoms with Crippen LogP contribution in [0.3, 0.4) is 0 Å². The molecule has 1 aromatic carbocycles. The van der Waals surface area contributed by atoms with Crippen molar-refractivity contribution in [2.45, 2.75) is 26.7 Å². The summed E-state index contributed by atoms with van der Waals surface area (Å²) in [6, 6.07) is 8.30. The fourth-order valence-electron chi connectivity index (χ4n) is 2.05. The molecule has 0 aliphatic rings. The van der Waals surface area contributed by atoms with Crippen LogP contribution in [0.15, 0.2) is 24.3 Å². The number of rotatable bonds is 2. The SMILES string of the molecule is CCc1cccc2cc(N)nc(CC)c12. The molecule has 2 aromatic rings. The van der Waals surface area contributed by atoms with E-state index in [-0.39, 0.29) is 0 Å². The van der Waals surface area contributed by atoms with Crippen molar-refractivity contribution in [3.8, 4) is 0 Å². The highest BCUT2D eigenvalue weighted by molar-refractivity contribution is 5.89. The van der Waals surface area contributed by atoms with Crippen LogP contribution < -0.4 is 5.73 Å². The van der Waals surface area contributed by atoms with E-state index in [1.807, 2.05) is 6.07 Å². The molecule has 15 heavy (non-hydrogen) atoms. The number of benzene rings is 1. The Morgan fingerprint density at radius 1 is 1.20 bits per heavy atom. The van der Waals surface area contributed by atoms with Crippen molar-refractivity contribution in [1.82, 2.24) is 4.98 Å². The van der Waals surface area contributed by atoms with Crippen LogP contribution >= 0.6 is 0 Å². The van der Waals surface area contributed by atoms with Gasteiger partial charge in [0.05, 0.1) is 5.69 Å². The number of nitrogens with zero attached hydrogens (tertiary/aromatic N) is 1. The van der Waals surface area contributed by atoms with Gasteiger partial charge in [-0.3, -0.25) is 0 Å². The molecule has 2 heteroatoms. The first kappa shape index (κ1) is 9.97. The third-order valence-corrected chi connectivity index (χ3v) is 2.75. The summed E-state index contributed by atoms with van der Waals surface area (Å²) in [5.74, 6) is 0.618. The molecular weight excluding hydrogens is 184 g/mol. The van der Waals surface area contributed by atoms with Crippen molar-refractivity contribution < 1.29 is 0 Å². The minimum atomic E-state index is 0.618. The first-order valence-electron chi connectivity index (χ1n) is 5.43. The number of aryl methyl sites for hydroxylation is 2. The molecule has 2 rings (SSSR count). The van der Waals surface area contributed by atoms with Crippen LogP contribution in [0.4, 0.5) is 5.82 Å². The van der Waals surface area contributed by atoms with Gasteiger partial charge in [-0.25, -0.2) is 4.98 Å². The number of anilines is 1. The van der Waals surface area contributed by atoms with Gasteiger partial charge in [0.25, 0.3) is 0 Å². The van der Waals surface area contributed by atoms with Crippen LogP contribution in [0, 0.1) is 0 Å². The average Bonchev–Trinajstić information content (AvgIpc) is 2.26. The summed E-state index contributed by atoms with van der Waals surface area (Å²) < 4.78 is 0. The quantitative estimate of drug-likeness (QED) is 0.809. The zero-order valence-electron chi connectivity index (χ0n) is 9.25. The minimum absolute atomic E-state index is 0.618. The van der Waals surface area contributed by atoms with Gasteiger partial charge in [-0.1, -0.05) is 32.0 Å². The largest absolute Gasteiger partial charge is 0.384 e. The van der Waals surface area contributed by atoms with E-state index >= 15 is 0 Å². The van der Waals surface area contributed by atoms with Gasteiger partial charge in [0.1, 0.15) is 5.82 Å². The second-order valence-corrected chi connectivity index (χ2v) is 3.72. The highest BCUT2D eigenvalue weighted by atomic mass is 14.8.